The zero-order valence-corrected chi connectivity index (χ0v) is 49.9. The molecule has 6 fully saturated rings. The first-order valence-corrected chi connectivity index (χ1v) is 30.6. The van der Waals surface area contributed by atoms with Crippen molar-refractivity contribution in [3.05, 3.63) is 150 Å². The second-order valence-electron chi connectivity index (χ2n) is 25.0. The van der Waals surface area contributed by atoms with Gasteiger partial charge in [0.1, 0.15) is 58.9 Å². The van der Waals surface area contributed by atoms with E-state index in [9.17, 15) is 37.1 Å². The van der Waals surface area contributed by atoms with Gasteiger partial charge in [0.2, 0.25) is 24.0 Å². The molecular weight excluding hydrogens is 1190 g/mol. The normalized spacial score (nSPS) is 24.0. The van der Waals surface area contributed by atoms with Gasteiger partial charge in [-0.2, -0.15) is 20.3 Å². The fourth-order valence-corrected chi connectivity index (χ4v) is 14.1. The highest BCUT2D eigenvalue weighted by Crippen LogP contribution is 2.59. The number of aromatic nitrogens is 9. The first-order valence-electron chi connectivity index (χ1n) is 30.6. The minimum absolute atomic E-state index is 0.000282. The van der Waals surface area contributed by atoms with Crippen molar-refractivity contribution in [1.82, 2.24) is 59.9 Å². The van der Waals surface area contributed by atoms with Gasteiger partial charge >= 0.3 is 0 Å². The van der Waals surface area contributed by atoms with E-state index in [-0.39, 0.29) is 81.2 Å². The van der Waals surface area contributed by atoms with Gasteiger partial charge in [-0.15, -0.1) is 4.98 Å². The molecule has 3 aliphatic carbocycles. The van der Waals surface area contributed by atoms with Crippen LogP contribution in [0.4, 0.5) is 36.4 Å². The van der Waals surface area contributed by atoms with Gasteiger partial charge in [0.25, 0.3) is 17.6 Å². The molecule has 6 atom stereocenters. The molecule has 6 aromatic rings. The van der Waals surface area contributed by atoms with Gasteiger partial charge in [-0.3, -0.25) is 38.9 Å². The summed E-state index contributed by atoms with van der Waals surface area (Å²) in [4.78, 5) is 110. The monoisotopic (exact) mass is 1250 g/mol. The molecule has 9 aliphatic rings. The summed E-state index contributed by atoms with van der Waals surface area (Å²) in [6.07, 6.45) is 26.8. The molecule has 472 valence electrons. The molecule has 3 saturated carbocycles. The molecule has 3 saturated heterocycles. The van der Waals surface area contributed by atoms with Gasteiger partial charge in [0, 0.05) is 132 Å². The van der Waals surface area contributed by atoms with Crippen molar-refractivity contribution in [2.75, 3.05) is 54.0 Å². The molecule has 3 spiro atoms. The molecule has 26 nitrogen and oxygen atoms in total. The minimum atomic E-state index is -0.598. The molecule has 0 radical (unpaired) electrons. The molecule has 0 aromatic carbocycles. The topological polar surface area (TPSA) is 314 Å². The predicted molar refractivity (Wildman–Crippen MR) is 326 cm³/mol. The summed E-state index contributed by atoms with van der Waals surface area (Å²) >= 11 is 0. The van der Waals surface area contributed by atoms with E-state index < -0.39 is 29.3 Å². The number of hydrogen-bond acceptors (Lipinski definition) is 20. The third-order valence-electron chi connectivity index (χ3n) is 19.4. The quantitative estimate of drug-likeness (QED) is 0.131. The number of anilines is 3. The van der Waals surface area contributed by atoms with Crippen LogP contribution >= 0.6 is 0 Å². The molecule has 12 heterocycles. The van der Waals surface area contributed by atoms with Crippen molar-refractivity contribution >= 4 is 71.5 Å². The smallest absolute Gasteiger partial charge is 0.274 e. The Balaban J connectivity index is 0.000000126. The molecule has 6 aliphatic heterocycles. The molecule has 29 heteroatoms. The van der Waals surface area contributed by atoms with Crippen LogP contribution in [0.15, 0.2) is 108 Å². The van der Waals surface area contributed by atoms with Crippen molar-refractivity contribution in [3.63, 3.8) is 0 Å². The summed E-state index contributed by atoms with van der Waals surface area (Å²) in [5.74, 6) is -0.642. The number of amides is 5. The van der Waals surface area contributed by atoms with Crippen molar-refractivity contribution < 1.29 is 37.1 Å². The van der Waals surface area contributed by atoms with Crippen molar-refractivity contribution in [1.29, 1.82) is 0 Å². The maximum absolute atomic E-state index is 13.7. The lowest BCUT2D eigenvalue weighted by Gasteiger charge is -2.40. The number of halogens is 3. The molecule has 6 unspecified atom stereocenters. The van der Waals surface area contributed by atoms with Crippen LogP contribution in [0.5, 0.6) is 0 Å². The predicted octanol–water partition coefficient (Wildman–Crippen LogP) is 6.48. The summed E-state index contributed by atoms with van der Waals surface area (Å²) < 4.78 is 41.0. The fourth-order valence-electron chi connectivity index (χ4n) is 14.1. The molecule has 5 amide bonds. The Morgan fingerprint density at radius 3 is 1.09 bits per heavy atom. The molecular formula is C63H64F3N21O5. The first kappa shape index (κ1) is 60.6. The lowest BCUT2D eigenvalue weighted by molar-refractivity contribution is -0.141. The Morgan fingerprint density at radius 1 is 0.457 bits per heavy atom. The fraction of sp³-hybridized carbons (Fsp3) is 0.429. The van der Waals surface area contributed by atoms with Crippen LogP contribution in [-0.4, -0.2) is 147 Å². The average Bonchev–Trinajstić information content (AvgIpc) is 1.59. The highest BCUT2D eigenvalue weighted by molar-refractivity contribution is 5.92. The van der Waals surface area contributed by atoms with Crippen molar-refractivity contribution in [2.45, 2.75) is 95.2 Å². The van der Waals surface area contributed by atoms with Crippen LogP contribution in [0.2, 0.25) is 0 Å². The Hall–Kier alpha value is -10.3. The Bertz CT molecular complexity index is 3840. The number of carbonyl (C=O) groups excluding carboxylic acids is 5. The standard InChI is InChI=1S/2C21H22FN7O2.C21H20FN7O/c2*22-14-7-13(9-24-10-14)17-1-5-27-29(17)20(31)15-2-6-28(11-21(15)3-4-21)18-8-16(19(23)30)25-12-26-18;1-23-18-9-19(26-13-25-18)28-7-3-16(21(12-28)4-5-21)20(30)29-17(2-6-27-29)14-8-15(22)11-24-10-14/h2*5,7-10,12,15,17H,1-4,6,11H2,(H2,23,30);6,8-11,13,16-17H,2-5,7,12H2. The highest BCUT2D eigenvalue weighted by atomic mass is 19.1. The third kappa shape index (κ3) is 12.3. The van der Waals surface area contributed by atoms with Gasteiger partial charge in [-0.1, -0.05) is 6.57 Å². The van der Waals surface area contributed by atoms with Gasteiger partial charge in [0.05, 0.1) is 36.7 Å². The van der Waals surface area contributed by atoms with Crippen LogP contribution in [0.1, 0.15) is 133 Å². The number of hydrazone groups is 3. The SMILES string of the molecule is NC(=O)c1cc(N2CCC(C(=O)N3N=CCC3c3cncc(F)c3)C3(CC3)C2)ncn1.NC(=O)c1cc(N2CCC(C(=O)N3N=CCC3c3cncc(F)c3)C3(CC3)C2)ncn1.[C-]#[N+]c1cc(N2CCC(C(=O)N3N=CCC3c3cncc(F)c3)C3(CC3)C2)ncn1. The van der Waals surface area contributed by atoms with E-state index in [1.807, 2.05) is 0 Å². The summed E-state index contributed by atoms with van der Waals surface area (Å²) in [6.45, 7) is 11.1. The van der Waals surface area contributed by atoms with E-state index >= 15 is 0 Å². The minimum Gasteiger partial charge on any atom is -0.364 e. The number of hydrogen-bond donors (Lipinski definition) is 2. The van der Waals surface area contributed by atoms with Crippen molar-refractivity contribution in [3.8, 4) is 0 Å². The van der Waals surface area contributed by atoms with Gasteiger partial charge in [-0.25, -0.2) is 48.1 Å². The first-order chi connectivity index (χ1) is 44.5. The lowest BCUT2D eigenvalue weighted by atomic mass is 9.81. The van der Waals surface area contributed by atoms with Crippen LogP contribution < -0.4 is 26.2 Å². The summed E-state index contributed by atoms with van der Waals surface area (Å²) in [6, 6.07) is 8.17. The molecule has 6 aromatic heterocycles. The average molecular weight is 1250 g/mol. The number of piperidine rings is 3. The number of nitrogens with zero attached hydrogens (tertiary/aromatic N) is 19. The van der Waals surface area contributed by atoms with E-state index in [2.05, 4.69) is 79.7 Å². The van der Waals surface area contributed by atoms with E-state index in [1.54, 1.807) is 55.4 Å². The number of nitrogens with two attached hydrogens (primary N) is 2. The zero-order valence-electron chi connectivity index (χ0n) is 49.9. The number of pyridine rings is 3. The third-order valence-corrected chi connectivity index (χ3v) is 19.4. The summed E-state index contributed by atoms with van der Waals surface area (Å²) in [5.41, 5.74) is 12.6. The van der Waals surface area contributed by atoms with Gasteiger partial charge in [-0.05, 0) is 109 Å². The summed E-state index contributed by atoms with van der Waals surface area (Å²) in [7, 11) is 0. The number of rotatable bonds is 11. The maximum atomic E-state index is 13.7. The molecule has 15 rings (SSSR count). The molecule has 0 bridgehead atoms. The summed E-state index contributed by atoms with van der Waals surface area (Å²) in [5, 5.41) is 17.5. The Kier molecular flexibility index (Phi) is 16.4. The van der Waals surface area contributed by atoms with Crippen LogP contribution in [0.3, 0.4) is 0 Å². The van der Waals surface area contributed by atoms with E-state index in [0.29, 0.717) is 105 Å². The van der Waals surface area contributed by atoms with Crippen LogP contribution in [0, 0.1) is 58.0 Å². The molecule has 4 N–H and O–H groups in total. The molecule has 92 heavy (non-hydrogen) atoms. The van der Waals surface area contributed by atoms with E-state index in [1.165, 1.54) is 52.2 Å². The van der Waals surface area contributed by atoms with E-state index in [4.69, 9.17) is 18.0 Å². The van der Waals surface area contributed by atoms with Crippen LogP contribution in [-0.2, 0) is 14.4 Å². The van der Waals surface area contributed by atoms with E-state index in [0.717, 1.165) is 69.5 Å². The number of carbonyl (C=O) groups is 5. The van der Waals surface area contributed by atoms with Gasteiger partial charge < -0.3 is 31.0 Å². The van der Waals surface area contributed by atoms with Crippen LogP contribution in [0.25, 0.3) is 4.85 Å². The second-order valence-corrected chi connectivity index (χ2v) is 25.0. The second kappa shape index (κ2) is 24.8. The zero-order chi connectivity index (χ0) is 63.9. The lowest BCUT2D eigenvalue weighted by Crippen LogP contribution is -2.48. The Morgan fingerprint density at radius 2 is 0.783 bits per heavy atom. The van der Waals surface area contributed by atoms with Gasteiger partial charge in [0.15, 0.2) is 0 Å². The Labute approximate surface area is 526 Å². The largest absolute Gasteiger partial charge is 0.364 e. The highest BCUT2D eigenvalue weighted by Gasteiger charge is 2.59. The maximum Gasteiger partial charge on any atom is 0.274 e. The van der Waals surface area contributed by atoms with Crippen molar-refractivity contribution in [2.24, 2.45) is 60.8 Å². The number of primary amides is 2.